The van der Waals surface area contributed by atoms with Crippen LogP contribution in [0.2, 0.25) is 0 Å². The van der Waals surface area contributed by atoms with E-state index < -0.39 is 0 Å². The highest BCUT2D eigenvalue weighted by atomic mass is 16.6. The van der Waals surface area contributed by atoms with Crippen LogP contribution in [0.1, 0.15) is 23.5 Å². The van der Waals surface area contributed by atoms with Gasteiger partial charge in [-0.05, 0) is 28.7 Å². The average molecular weight is 413 g/mol. The van der Waals surface area contributed by atoms with Gasteiger partial charge in [-0.25, -0.2) is 4.79 Å². The molecule has 6 nitrogen and oxygen atoms in total. The van der Waals surface area contributed by atoms with Gasteiger partial charge in [0.1, 0.15) is 12.4 Å². The third kappa shape index (κ3) is 2.93. The molecule has 6 heteroatoms. The normalized spacial score (nSPS) is 21.3. The molecule has 1 aromatic heterocycles. The summed E-state index contributed by atoms with van der Waals surface area (Å²) in [7, 11) is 0. The Kier molecular flexibility index (Phi) is 4.13. The molecule has 2 aliphatic heterocycles. The minimum absolute atomic E-state index is 0.0750. The van der Waals surface area contributed by atoms with Gasteiger partial charge >= 0.3 is 6.09 Å². The molecular formula is C25H23N3O3. The molecule has 2 fully saturated rings. The van der Waals surface area contributed by atoms with Crippen molar-refractivity contribution in [3.05, 3.63) is 78.1 Å². The molecular weight excluding hydrogens is 390 g/mol. The fourth-order valence-electron chi connectivity index (χ4n) is 5.46. The minimum atomic E-state index is -0.233. The minimum Gasteiger partial charge on any atom is -0.506 e. The summed E-state index contributed by atoms with van der Waals surface area (Å²) >= 11 is 0. The molecule has 0 saturated carbocycles. The molecule has 0 spiro atoms. The molecule has 2 aromatic carbocycles. The van der Waals surface area contributed by atoms with Gasteiger partial charge in [-0.1, -0.05) is 48.5 Å². The third-order valence-corrected chi connectivity index (χ3v) is 6.85. The van der Waals surface area contributed by atoms with Gasteiger partial charge in [0, 0.05) is 31.1 Å². The number of hydrogen-bond donors (Lipinski definition) is 1. The van der Waals surface area contributed by atoms with Crippen LogP contribution in [-0.4, -0.2) is 52.9 Å². The van der Waals surface area contributed by atoms with Crippen molar-refractivity contribution in [2.75, 3.05) is 24.6 Å². The molecule has 3 aliphatic rings. The number of carbonyl (C=O) groups is 1. The smallest absolute Gasteiger partial charge is 0.410 e. The number of pyridine rings is 1. The summed E-state index contributed by atoms with van der Waals surface area (Å²) < 4.78 is 5.85. The number of carbonyl (C=O) groups excluding carboxylic acids is 1. The Labute approximate surface area is 180 Å². The average Bonchev–Trinajstić information content (AvgIpc) is 3.49. The number of nitrogens with zero attached hydrogens (tertiary/aromatic N) is 3. The predicted octanol–water partition coefficient (Wildman–Crippen LogP) is 4.00. The lowest BCUT2D eigenvalue weighted by Gasteiger charge is -2.35. The van der Waals surface area contributed by atoms with E-state index in [9.17, 15) is 9.90 Å². The van der Waals surface area contributed by atoms with E-state index in [1.165, 1.54) is 28.5 Å². The number of anilines is 1. The van der Waals surface area contributed by atoms with E-state index in [0.29, 0.717) is 13.2 Å². The highest BCUT2D eigenvalue weighted by Gasteiger charge is 2.46. The van der Waals surface area contributed by atoms with Crippen LogP contribution >= 0.6 is 0 Å². The fourth-order valence-corrected chi connectivity index (χ4v) is 5.46. The molecule has 1 N–H and O–H groups in total. The first-order valence-electron chi connectivity index (χ1n) is 10.7. The number of hydrogen-bond acceptors (Lipinski definition) is 5. The number of piperazine rings is 1. The molecule has 0 unspecified atom stereocenters. The van der Waals surface area contributed by atoms with Crippen molar-refractivity contribution in [2.45, 2.75) is 24.4 Å². The molecule has 31 heavy (non-hydrogen) atoms. The molecule has 156 valence electrons. The van der Waals surface area contributed by atoms with Crippen LogP contribution in [0.4, 0.5) is 10.5 Å². The summed E-state index contributed by atoms with van der Waals surface area (Å²) in [6.45, 7) is 1.72. The first-order valence-corrected chi connectivity index (χ1v) is 10.7. The molecule has 2 saturated heterocycles. The van der Waals surface area contributed by atoms with Crippen molar-refractivity contribution in [2.24, 2.45) is 0 Å². The van der Waals surface area contributed by atoms with Gasteiger partial charge < -0.3 is 19.6 Å². The first-order chi connectivity index (χ1) is 15.2. The van der Waals surface area contributed by atoms with Crippen LogP contribution in [0.25, 0.3) is 11.1 Å². The van der Waals surface area contributed by atoms with Gasteiger partial charge in [-0.2, -0.15) is 0 Å². The summed E-state index contributed by atoms with van der Waals surface area (Å²) in [5.41, 5.74) is 5.81. The second-order valence-corrected chi connectivity index (χ2v) is 8.55. The maximum Gasteiger partial charge on any atom is 0.410 e. The van der Waals surface area contributed by atoms with Crippen molar-refractivity contribution in [1.82, 2.24) is 9.88 Å². The largest absolute Gasteiger partial charge is 0.506 e. The second kappa shape index (κ2) is 7.01. The number of rotatable bonds is 3. The van der Waals surface area contributed by atoms with E-state index in [-0.39, 0.29) is 29.8 Å². The number of amides is 1. The van der Waals surface area contributed by atoms with Gasteiger partial charge in [-0.15, -0.1) is 0 Å². The Morgan fingerprint density at radius 2 is 1.71 bits per heavy atom. The molecule has 3 heterocycles. The number of fused-ring (bicyclic) bond motifs is 5. The van der Waals surface area contributed by atoms with Crippen LogP contribution in [0.15, 0.2) is 67.0 Å². The highest BCUT2D eigenvalue weighted by Crippen LogP contribution is 2.44. The van der Waals surface area contributed by atoms with Crippen molar-refractivity contribution >= 4 is 11.8 Å². The molecule has 2 atom stereocenters. The SMILES string of the molecule is O=C(OCC1c2ccccc2-c2ccccc21)N1C[C@@H]2C[C@H]1CN2c1cncc(O)c1. The van der Waals surface area contributed by atoms with E-state index >= 15 is 0 Å². The summed E-state index contributed by atoms with van der Waals surface area (Å²) in [6.07, 6.45) is 3.88. The number of aromatic hydroxyl groups is 1. The van der Waals surface area contributed by atoms with Gasteiger partial charge in [0.25, 0.3) is 0 Å². The first kappa shape index (κ1) is 18.2. The van der Waals surface area contributed by atoms with Crippen molar-refractivity contribution in [3.63, 3.8) is 0 Å². The van der Waals surface area contributed by atoms with E-state index in [4.69, 9.17) is 4.74 Å². The van der Waals surface area contributed by atoms with E-state index in [0.717, 1.165) is 18.7 Å². The van der Waals surface area contributed by atoms with E-state index in [2.05, 4.69) is 46.3 Å². The molecule has 1 aliphatic carbocycles. The van der Waals surface area contributed by atoms with Crippen molar-refractivity contribution in [3.8, 4) is 16.9 Å². The standard InChI is InChI=1S/C25H23N3O3/c29-19-10-16(11-26-12-19)27-13-18-9-17(27)14-28(18)25(30)31-15-24-22-7-3-1-5-20(22)21-6-2-4-8-23(21)24/h1-8,10-12,17-18,24,29H,9,13-15H2/t17-,18-/m0/s1. The number of likely N-dealkylation sites (tertiary alicyclic amines) is 1. The quantitative estimate of drug-likeness (QED) is 0.703. The Balaban J connectivity index is 1.14. The zero-order valence-electron chi connectivity index (χ0n) is 17.0. The lowest BCUT2D eigenvalue weighted by Crippen LogP contribution is -2.49. The molecule has 6 rings (SSSR count). The van der Waals surface area contributed by atoms with E-state index in [1.54, 1.807) is 12.3 Å². The Hall–Kier alpha value is -3.54. The molecule has 1 amide bonds. The van der Waals surface area contributed by atoms with Crippen LogP contribution in [0, 0.1) is 0 Å². The van der Waals surface area contributed by atoms with Gasteiger partial charge in [0.05, 0.1) is 24.1 Å². The predicted molar refractivity (Wildman–Crippen MR) is 117 cm³/mol. The number of ether oxygens (including phenoxy) is 1. The maximum absolute atomic E-state index is 12.9. The van der Waals surface area contributed by atoms with Crippen LogP contribution in [0.3, 0.4) is 0 Å². The van der Waals surface area contributed by atoms with Crippen molar-refractivity contribution in [1.29, 1.82) is 0 Å². The summed E-state index contributed by atoms with van der Waals surface area (Å²) in [5, 5.41) is 9.72. The maximum atomic E-state index is 12.9. The Bertz CT molecular complexity index is 1120. The second-order valence-electron chi connectivity index (χ2n) is 8.55. The van der Waals surface area contributed by atoms with E-state index in [1.807, 2.05) is 17.0 Å². The van der Waals surface area contributed by atoms with Crippen LogP contribution in [-0.2, 0) is 4.74 Å². The van der Waals surface area contributed by atoms with Crippen LogP contribution < -0.4 is 4.90 Å². The van der Waals surface area contributed by atoms with Gasteiger partial charge in [-0.3, -0.25) is 4.98 Å². The Morgan fingerprint density at radius 1 is 1.00 bits per heavy atom. The number of aromatic nitrogens is 1. The summed E-state index contributed by atoms with van der Waals surface area (Å²) in [6, 6.07) is 18.8. The summed E-state index contributed by atoms with van der Waals surface area (Å²) in [4.78, 5) is 21.1. The number of benzene rings is 2. The molecule has 3 aromatic rings. The van der Waals surface area contributed by atoms with Gasteiger partial charge in [0.2, 0.25) is 0 Å². The topological polar surface area (TPSA) is 65.9 Å². The zero-order valence-corrected chi connectivity index (χ0v) is 17.0. The van der Waals surface area contributed by atoms with Crippen LogP contribution in [0.5, 0.6) is 5.75 Å². The lowest BCUT2D eigenvalue weighted by atomic mass is 9.98. The lowest BCUT2D eigenvalue weighted by molar-refractivity contribution is 0.0933. The zero-order chi connectivity index (χ0) is 20.9. The summed E-state index contributed by atoms with van der Waals surface area (Å²) in [5.74, 6) is 0.236. The highest BCUT2D eigenvalue weighted by molar-refractivity contribution is 5.79. The monoisotopic (exact) mass is 413 g/mol. The van der Waals surface area contributed by atoms with Gasteiger partial charge in [0.15, 0.2) is 0 Å². The van der Waals surface area contributed by atoms with Crippen molar-refractivity contribution < 1.29 is 14.6 Å². The third-order valence-electron chi connectivity index (χ3n) is 6.85. The molecule has 2 bridgehead atoms. The molecule has 0 radical (unpaired) electrons. The Morgan fingerprint density at radius 3 is 2.35 bits per heavy atom. The fraction of sp³-hybridized carbons (Fsp3) is 0.280.